The van der Waals surface area contributed by atoms with E-state index in [1.165, 1.54) is 24.3 Å². The minimum absolute atomic E-state index is 0.0410. The summed E-state index contributed by atoms with van der Waals surface area (Å²) in [6.07, 6.45) is 0. The third-order valence-electron chi connectivity index (χ3n) is 4.80. The predicted molar refractivity (Wildman–Crippen MR) is 133 cm³/mol. The van der Waals surface area contributed by atoms with E-state index >= 15 is 0 Å². The fraction of sp³-hybridized carbons (Fsp3) is 0.222. The van der Waals surface area contributed by atoms with Gasteiger partial charge in [-0.3, -0.25) is 15.0 Å². The van der Waals surface area contributed by atoms with Crippen LogP contribution in [-0.2, 0) is 21.0 Å². The van der Waals surface area contributed by atoms with Crippen LogP contribution in [0.5, 0.6) is 11.5 Å². The van der Waals surface area contributed by atoms with E-state index in [2.05, 4.69) is 5.48 Å². The van der Waals surface area contributed by atoms with Crippen LogP contribution in [-0.4, -0.2) is 28.5 Å². The van der Waals surface area contributed by atoms with Crippen molar-refractivity contribution >= 4 is 23.2 Å². The van der Waals surface area contributed by atoms with E-state index < -0.39 is 22.5 Å². The molecule has 0 fully saturated rings. The number of nitro benzene ring substituents is 1. The van der Waals surface area contributed by atoms with Gasteiger partial charge in [0.05, 0.1) is 16.1 Å². The number of esters is 1. The first-order chi connectivity index (χ1) is 17.2. The van der Waals surface area contributed by atoms with Gasteiger partial charge in [-0.25, -0.2) is 9.59 Å². The molecule has 36 heavy (non-hydrogen) atoms. The predicted octanol–water partition coefficient (Wildman–Crippen LogP) is 4.68. The molecule has 9 heteroatoms. The Bertz CT molecular complexity index is 1230. The van der Waals surface area contributed by atoms with Crippen LogP contribution in [0.2, 0.25) is 0 Å². The van der Waals surface area contributed by atoms with E-state index in [-0.39, 0.29) is 17.0 Å². The Morgan fingerprint density at radius 2 is 1.58 bits per heavy atom. The average molecular weight is 491 g/mol. The minimum Gasteiger partial charge on any atom is -0.489 e. The van der Waals surface area contributed by atoms with Gasteiger partial charge in [-0.15, -0.1) is 0 Å². The number of ether oxygens (including phenoxy) is 2. The number of nitrogens with one attached hydrogen (secondary N) is 1. The number of hydroxylamine groups is 1. The Balaban J connectivity index is 1.78. The molecule has 3 aromatic carbocycles. The second-order valence-electron chi connectivity index (χ2n) is 8.75. The molecule has 0 saturated heterocycles. The Morgan fingerprint density at radius 1 is 0.972 bits per heavy atom. The highest BCUT2D eigenvalue weighted by molar-refractivity contribution is 6.02. The summed E-state index contributed by atoms with van der Waals surface area (Å²) in [6, 6.07) is 20.0. The highest BCUT2D eigenvalue weighted by Crippen LogP contribution is 2.24. The van der Waals surface area contributed by atoms with Crippen molar-refractivity contribution in [1.82, 2.24) is 5.48 Å². The van der Waals surface area contributed by atoms with Gasteiger partial charge in [0, 0.05) is 12.1 Å². The molecule has 186 valence electrons. The summed E-state index contributed by atoms with van der Waals surface area (Å²) in [5.41, 5.74) is 3.15. The highest BCUT2D eigenvalue weighted by Gasteiger charge is 2.30. The van der Waals surface area contributed by atoms with Gasteiger partial charge in [-0.2, -0.15) is 5.48 Å². The number of hydrogen-bond acceptors (Lipinski definition) is 8. The van der Waals surface area contributed by atoms with Gasteiger partial charge in [0.1, 0.15) is 24.0 Å². The second kappa shape index (κ2) is 11.9. The summed E-state index contributed by atoms with van der Waals surface area (Å²) in [5.74, 6) is 1.62. The summed E-state index contributed by atoms with van der Waals surface area (Å²) in [6.45, 7) is 5.67. The van der Waals surface area contributed by atoms with Crippen LogP contribution in [0.1, 0.15) is 31.9 Å². The molecular formula is C27H26N2O7. The van der Waals surface area contributed by atoms with Gasteiger partial charge in [-0.05, 0) is 56.2 Å². The lowest BCUT2D eigenvalue weighted by molar-refractivity contribution is -0.384. The van der Waals surface area contributed by atoms with Crippen LogP contribution < -0.4 is 15.0 Å². The molecule has 3 rings (SSSR count). The molecule has 0 saturated carbocycles. The standard InChI is InChI=1S/C27H26N2O7/c1-27(2,3)36-28-25(26(31)35-23-15-11-21(12-16-23)29(32)33)24(17-30)20-9-13-22(14-10-20)34-18-19-7-5-4-6-8-19/h4-16,25,28H,18H2,1-3H3/t25-/m0/s1. The van der Waals surface area contributed by atoms with Crippen LogP contribution in [0.15, 0.2) is 78.9 Å². The van der Waals surface area contributed by atoms with Crippen LogP contribution >= 0.6 is 0 Å². The molecule has 0 amide bonds. The molecule has 1 atom stereocenters. The Labute approximate surface area is 208 Å². The van der Waals surface area contributed by atoms with Crippen LogP contribution in [0.25, 0.3) is 5.57 Å². The van der Waals surface area contributed by atoms with Crippen molar-refractivity contribution in [3.8, 4) is 11.5 Å². The molecule has 3 aromatic rings. The molecule has 9 nitrogen and oxygen atoms in total. The summed E-state index contributed by atoms with van der Waals surface area (Å²) in [5, 5.41) is 10.9. The van der Waals surface area contributed by atoms with Crippen LogP contribution in [0.4, 0.5) is 5.69 Å². The van der Waals surface area contributed by atoms with Gasteiger partial charge in [0.2, 0.25) is 0 Å². The first-order valence-corrected chi connectivity index (χ1v) is 11.1. The van der Waals surface area contributed by atoms with Crippen molar-refractivity contribution in [2.24, 2.45) is 0 Å². The smallest absolute Gasteiger partial charge is 0.336 e. The maximum Gasteiger partial charge on any atom is 0.336 e. The van der Waals surface area contributed by atoms with Gasteiger partial charge in [0.25, 0.3) is 5.69 Å². The second-order valence-corrected chi connectivity index (χ2v) is 8.75. The van der Waals surface area contributed by atoms with Crippen molar-refractivity contribution < 1.29 is 28.8 Å². The lowest BCUT2D eigenvalue weighted by Crippen LogP contribution is -2.44. The molecule has 0 spiro atoms. The molecule has 0 aliphatic heterocycles. The maximum atomic E-state index is 13.0. The third kappa shape index (κ3) is 7.61. The Hall–Kier alpha value is -4.30. The number of rotatable bonds is 10. The molecule has 0 unspecified atom stereocenters. The molecule has 0 aliphatic carbocycles. The zero-order valence-corrected chi connectivity index (χ0v) is 20.1. The molecule has 0 heterocycles. The van der Waals surface area contributed by atoms with E-state index in [0.29, 0.717) is 17.9 Å². The monoisotopic (exact) mass is 490 g/mol. The summed E-state index contributed by atoms with van der Waals surface area (Å²) < 4.78 is 11.1. The summed E-state index contributed by atoms with van der Waals surface area (Å²) in [7, 11) is 0. The van der Waals surface area contributed by atoms with Crippen LogP contribution in [0.3, 0.4) is 0 Å². The van der Waals surface area contributed by atoms with Crippen molar-refractivity contribution in [3.05, 3.63) is 100 Å². The summed E-state index contributed by atoms with van der Waals surface area (Å²) >= 11 is 0. The minimum atomic E-state index is -1.33. The molecular weight excluding hydrogens is 464 g/mol. The van der Waals surface area contributed by atoms with Crippen molar-refractivity contribution in [2.45, 2.75) is 39.0 Å². The molecule has 0 aliphatic rings. The number of nitro groups is 1. The van der Waals surface area contributed by atoms with Gasteiger partial charge < -0.3 is 9.47 Å². The highest BCUT2D eigenvalue weighted by atomic mass is 16.7. The third-order valence-corrected chi connectivity index (χ3v) is 4.80. The molecule has 1 N–H and O–H groups in total. The number of benzene rings is 3. The SMILES string of the molecule is CC(C)(C)ON[C@H](C(=O)Oc1ccc([N+](=O)[O-])cc1)C(=C=O)c1ccc(OCc2ccccc2)cc1. The maximum absolute atomic E-state index is 13.0. The van der Waals surface area contributed by atoms with Gasteiger partial charge >= 0.3 is 5.97 Å². The first kappa shape index (κ1) is 26.3. The fourth-order valence-corrected chi connectivity index (χ4v) is 3.03. The Kier molecular flexibility index (Phi) is 8.70. The van der Waals surface area contributed by atoms with Crippen molar-refractivity contribution in [1.29, 1.82) is 0 Å². The zero-order chi connectivity index (χ0) is 26.1. The molecule has 0 aromatic heterocycles. The van der Waals surface area contributed by atoms with E-state index in [1.807, 2.05) is 36.3 Å². The van der Waals surface area contributed by atoms with E-state index in [4.69, 9.17) is 14.3 Å². The normalized spacial score (nSPS) is 11.8. The topological polar surface area (TPSA) is 117 Å². The number of non-ortho nitro benzene ring substituents is 1. The van der Waals surface area contributed by atoms with Crippen molar-refractivity contribution in [3.63, 3.8) is 0 Å². The lowest BCUT2D eigenvalue weighted by atomic mass is 10.0. The van der Waals surface area contributed by atoms with Gasteiger partial charge in [-0.1, -0.05) is 42.5 Å². The lowest BCUT2D eigenvalue weighted by Gasteiger charge is -2.24. The number of nitrogens with zero attached hydrogens (tertiary/aromatic N) is 1. The number of carbonyl (C=O) groups excluding carboxylic acids is 2. The first-order valence-electron chi connectivity index (χ1n) is 11.1. The van der Waals surface area contributed by atoms with Gasteiger partial charge in [0.15, 0.2) is 6.04 Å². The number of hydrogen-bond donors (Lipinski definition) is 1. The van der Waals surface area contributed by atoms with Crippen molar-refractivity contribution in [2.75, 3.05) is 0 Å². The fourth-order valence-electron chi connectivity index (χ4n) is 3.03. The number of carbonyl (C=O) groups is 1. The van der Waals surface area contributed by atoms with E-state index in [9.17, 15) is 19.7 Å². The van der Waals surface area contributed by atoms with E-state index in [0.717, 1.165) is 5.56 Å². The average Bonchev–Trinajstić information content (AvgIpc) is 2.86. The summed E-state index contributed by atoms with van der Waals surface area (Å²) in [4.78, 5) is 40.8. The quantitative estimate of drug-likeness (QED) is 0.143. The van der Waals surface area contributed by atoms with Crippen LogP contribution in [0, 0.1) is 10.1 Å². The van der Waals surface area contributed by atoms with E-state index in [1.54, 1.807) is 45.0 Å². The molecule has 0 bridgehead atoms. The largest absolute Gasteiger partial charge is 0.489 e. The zero-order valence-electron chi connectivity index (χ0n) is 20.1. The Morgan fingerprint density at radius 3 is 2.14 bits per heavy atom. The molecule has 0 radical (unpaired) electrons.